The van der Waals surface area contributed by atoms with Gasteiger partial charge in [0.15, 0.2) is 0 Å². The molecule has 1 aliphatic rings. The number of para-hydroxylation sites is 1. The Bertz CT molecular complexity index is 1270. The number of nitrogens with zero attached hydrogens (tertiary/aromatic N) is 2. The number of hydrogen-bond acceptors (Lipinski definition) is 4. The summed E-state index contributed by atoms with van der Waals surface area (Å²) in [6.07, 6.45) is 4.55. The standard InChI is InChI=1S/C27H29ClF2N2O3S.ClH/c28-22-9-12-24(13-10-22)36(33,34)32(26-19-23(29)11-14-25(26)30)20-21-7-2-3-8-27(21)35-18-6-17-31-15-4-1-5-16-31;/h2-3,7-14,19H,1,4-6,15-18,20H2;1H. The average Bonchev–Trinajstić information content (AvgIpc) is 2.88. The van der Waals surface area contributed by atoms with E-state index in [2.05, 4.69) is 4.90 Å². The molecule has 1 aliphatic heterocycles. The van der Waals surface area contributed by atoms with Crippen LogP contribution in [-0.2, 0) is 16.6 Å². The van der Waals surface area contributed by atoms with Crippen LogP contribution in [0.5, 0.6) is 5.75 Å². The average molecular weight is 572 g/mol. The molecule has 4 rings (SSSR count). The predicted octanol–water partition coefficient (Wildman–Crippen LogP) is 6.69. The molecule has 0 unspecified atom stereocenters. The van der Waals surface area contributed by atoms with Gasteiger partial charge in [0.1, 0.15) is 17.4 Å². The van der Waals surface area contributed by atoms with E-state index in [0.717, 1.165) is 48.6 Å². The molecule has 0 amide bonds. The smallest absolute Gasteiger partial charge is 0.264 e. The number of likely N-dealkylation sites (tertiary alicyclic amines) is 1. The number of benzene rings is 3. The summed E-state index contributed by atoms with van der Waals surface area (Å²) >= 11 is 5.93. The van der Waals surface area contributed by atoms with Crippen molar-refractivity contribution in [3.05, 3.63) is 89.0 Å². The number of rotatable bonds is 10. The number of ether oxygens (including phenoxy) is 1. The molecule has 1 saturated heterocycles. The predicted molar refractivity (Wildman–Crippen MR) is 145 cm³/mol. The molecule has 0 atom stereocenters. The lowest BCUT2D eigenvalue weighted by atomic mass is 10.1. The van der Waals surface area contributed by atoms with Crippen LogP contribution in [0, 0.1) is 11.6 Å². The van der Waals surface area contributed by atoms with Gasteiger partial charge in [0.25, 0.3) is 10.0 Å². The molecule has 3 aromatic carbocycles. The zero-order chi connectivity index (χ0) is 25.5. The van der Waals surface area contributed by atoms with Crippen LogP contribution >= 0.6 is 24.0 Å². The lowest BCUT2D eigenvalue weighted by Gasteiger charge is -2.27. The van der Waals surface area contributed by atoms with Crippen molar-refractivity contribution in [2.24, 2.45) is 0 Å². The van der Waals surface area contributed by atoms with Crippen molar-refractivity contribution in [3.8, 4) is 5.75 Å². The van der Waals surface area contributed by atoms with Crippen molar-refractivity contribution in [1.29, 1.82) is 0 Å². The molecule has 0 aromatic heterocycles. The van der Waals surface area contributed by atoms with Gasteiger partial charge in [-0.15, -0.1) is 12.4 Å². The molecule has 0 spiro atoms. The number of piperidine rings is 1. The third-order valence-electron chi connectivity index (χ3n) is 6.19. The molecule has 0 aliphatic carbocycles. The van der Waals surface area contributed by atoms with Gasteiger partial charge in [-0.25, -0.2) is 17.2 Å². The molecule has 1 fully saturated rings. The maximum absolute atomic E-state index is 14.8. The van der Waals surface area contributed by atoms with Crippen molar-refractivity contribution in [1.82, 2.24) is 4.90 Å². The Labute approximate surface area is 228 Å². The second kappa shape index (κ2) is 13.4. The first kappa shape index (κ1) is 29.2. The number of anilines is 1. The molecule has 200 valence electrons. The van der Waals surface area contributed by atoms with E-state index in [-0.39, 0.29) is 29.5 Å². The zero-order valence-electron chi connectivity index (χ0n) is 20.3. The minimum atomic E-state index is -4.26. The van der Waals surface area contributed by atoms with Gasteiger partial charge in [0.2, 0.25) is 0 Å². The minimum Gasteiger partial charge on any atom is -0.493 e. The fourth-order valence-corrected chi connectivity index (χ4v) is 5.86. The van der Waals surface area contributed by atoms with Gasteiger partial charge in [0.05, 0.1) is 23.7 Å². The van der Waals surface area contributed by atoms with Gasteiger partial charge in [-0.1, -0.05) is 36.2 Å². The lowest BCUT2D eigenvalue weighted by Crippen LogP contribution is -2.32. The van der Waals surface area contributed by atoms with E-state index in [4.69, 9.17) is 16.3 Å². The number of hydrogen-bond donors (Lipinski definition) is 0. The summed E-state index contributed by atoms with van der Waals surface area (Å²) in [6.45, 7) is 3.37. The summed E-state index contributed by atoms with van der Waals surface area (Å²) in [7, 11) is -4.26. The Morgan fingerprint density at radius 1 is 0.946 bits per heavy atom. The second-order valence-corrected chi connectivity index (χ2v) is 11.1. The van der Waals surface area contributed by atoms with Crippen molar-refractivity contribution < 1.29 is 21.9 Å². The maximum atomic E-state index is 14.8. The van der Waals surface area contributed by atoms with Crippen LogP contribution in [0.1, 0.15) is 31.2 Å². The highest BCUT2D eigenvalue weighted by atomic mass is 35.5. The van der Waals surface area contributed by atoms with Gasteiger partial charge >= 0.3 is 0 Å². The molecule has 0 saturated carbocycles. The maximum Gasteiger partial charge on any atom is 0.264 e. The Hall–Kier alpha value is -2.39. The molecule has 0 N–H and O–H groups in total. The Morgan fingerprint density at radius 2 is 1.65 bits per heavy atom. The Morgan fingerprint density at radius 3 is 2.38 bits per heavy atom. The molecular formula is C27H30Cl2F2N2O3S. The van der Waals surface area contributed by atoms with Gasteiger partial charge in [-0.2, -0.15) is 0 Å². The second-order valence-electron chi connectivity index (χ2n) is 8.77. The van der Waals surface area contributed by atoms with Crippen LogP contribution in [0.2, 0.25) is 5.02 Å². The van der Waals surface area contributed by atoms with Crippen LogP contribution in [-0.4, -0.2) is 39.6 Å². The first-order valence-electron chi connectivity index (χ1n) is 12.0. The summed E-state index contributed by atoms with van der Waals surface area (Å²) in [4.78, 5) is 2.34. The first-order chi connectivity index (χ1) is 17.3. The molecule has 0 bridgehead atoms. The van der Waals surface area contributed by atoms with Crippen molar-refractivity contribution in [2.75, 3.05) is 30.5 Å². The fourth-order valence-electron chi connectivity index (χ4n) is 4.29. The monoisotopic (exact) mass is 570 g/mol. The molecule has 0 radical (unpaired) electrons. The molecule has 1 heterocycles. The summed E-state index contributed by atoms with van der Waals surface area (Å²) < 4.78 is 63.0. The number of halogens is 4. The molecule has 3 aromatic rings. The van der Waals surface area contributed by atoms with E-state index in [1.165, 1.54) is 43.5 Å². The summed E-state index contributed by atoms with van der Waals surface area (Å²) in [6, 6.07) is 15.3. The topological polar surface area (TPSA) is 49.9 Å². The highest BCUT2D eigenvalue weighted by Gasteiger charge is 2.29. The highest BCUT2D eigenvalue weighted by molar-refractivity contribution is 7.92. The number of sulfonamides is 1. The molecule has 10 heteroatoms. The SMILES string of the molecule is Cl.O=S(=O)(c1ccc(Cl)cc1)N(Cc1ccccc1OCCCN1CCCCC1)c1cc(F)ccc1F. The van der Waals surface area contributed by atoms with Crippen LogP contribution < -0.4 is 9.04 Å². The normalized spacial score (nSPS) is 14.1. The zero-order valence-corrected chi connectivity index (χ0v) is 22.7. The largest absolute Gasteiger partial charge is 0.493 e. The van der Waals surface area contributed by atoms with Crippen molar-refractivity contribution in [2.45, 2.75) is 37.1 Å². The molecule has 37 heavy (non-hydrogen) atoms. The van der Waals surface area contributed by atoms with Gasteiger partial charge < -0.3 is 9.64 Å². The van der Waals surface area contributed by atoms with Crippen LogP contribution in [0.4, 0.5) is 14.5 Å². The van der Waals surface area contributed by atoms with E-state index in [9.17, 15) is 17.2 Å². The Balaban J connectivity index is 0.00000380. The fraction of sp³-hybridized carbons (Fsp3) is 0.333. The summed E-state index contributed by atoms with van der Waals surface area (Å²) in [5.41, 5.74) is 0.154. The van der Waals surface area contributed by atoms with E-state index in [0.29, 0.717) is 22.9 Å². The minimum absolute atomic E-state index is 0. The molecule has 5 nitrogen and oxygen atoms in total. The van der Waals surface area contributed by atoms with E-state index < -0.39 is 21.7 Å². The van der Waals surface area contributed by atoms with Crippen LogP contribution in [0.25, 0.3) is 0 Å². The van der Waals surface area contributed by atoms with Crippen molar-refractivity contribution in [3.63, 3.8) is 0 Å². The third-order valence-corrected chi connectivity index (χ3v) is 8.22. The first-order valence-corrected chi connectivity index (χ1v) is 13.8. The third kappa shape index (κ3) is 7.57. The van der Waals surface area contributed by atoms with E-state index in [1.54, 1.807) is 24.3 Å². The summed E-state index contributed by atoms with van der Waals surface area (Å²) in [5, 5.41) is 0.362. The van der Waals surface area contributed by atoms with E-state index >= 15 is 0 Å². The quantitative estimate of drug-likeness (QED) is 0.255. The molecular weight excluding hydrogens is 541 g/mol. The van der Waals surface area contributed by atoms with Crippen LogP contribution in [0.3, 0.4) is 0 Å². The van der Waals surface area contributed by atoms with Crippen molar-refractivity contribution >= 4 is 39.7 Å². The van der Waals surface area contributed by atoms with Gasteiger partial charge in [-0.3, -0.25) is 4.31 Å². The lowest BCUT2D eigenvalue weighted by molar-refractivity contribution is 0.204. The van der Waals surface area contributed by atoms with Gasteiger partial charge in [0, 0.05) is 23.2 Å². The van der Waals surface area contributed by atoms with Gasteiger partial charge in [-0.05, 0) is 74.8 Å². The highest BCUT2D eigenvalue weighted by Crippen LogP contribution is 2.32. The summed E-state index contributed by atoms with van der Waals surface area (Å²) in [5.74, 6) is -1.09. The van der Waals surface area contributed by atoms with E-state index in [1.807, 2.05) is 0 Å². The Kier molecular flexibility index (Phi) is 10.6. The van der Waals surface area contributed by atoms with Crippen LogP contribution in [0.15, 0.2) is 71.6 Å².